The second kappa shape index (κ2) is 7.55. The highest BCUT2D eigenvalue weighted by molar-refractivity contribution is 7.98. The van der Waals surface area contributed by atoms with E-state index in [0.29, 0.717) is 11.8 Å². The third kappa shape index (κ3) is 3.85. The van der Waals surface area contributed by atoms with Crippen molar-refractivity contribution in [1.82, 2.24) is 29.5 Å². The number of rotatable bonds is 8. The summed E-state index contributed by atoms with van der Waals surface area (Å²) < 4.78 is 4.32. The number of benzene rings is 1. The Balaban J connectivity index is 1.20. The van der Waals surface area contributed by atoms with Gasteiger partial charge >= 0.3 is 0 Å². The lowest BCUT2D eigenvalue weighted by Gasteiger charge is -2.06. The lowest BCUT2D eigenvalue weighted by atomic mass is 10.2. The van der Waals surface area contributed by atoms with Crippen LogP contribution in [0.3, 0.4) is 0 Å². The van der Waals surface area contributed by atoms with Crippen LogP contribution in [0.2, 0.25) is 0 Å². The van der Waals surface area contributed by atoms with E-state index in [-0.39, 0.29) is 0 Å². The minimum Gasteiger partial charge on any atom is -0.309 e. The molecule has 2 fully saturated rings. The van der Waals surface area contributed by atoms with Crippen LogP contribution in [0, 0.1) is 0 Å². The van der Waals surface area contributed by atoms with Crippen LogP contribution in [0.4, 0.5) is 0 Å². The first kappa shape index (κ1) is 18.2. The molecule has 2 heterocycles. The second-order valence-corrected chi connectivity index (χ2v) is 9.63. The van der Waals surface area contributed by atoms with Gasteiger partial charge in [-0.1, -0.05) is 47.8 Å². The zero-order chi connectivity index (χ0) is 19.1. The van der Waals surface area contributed by atoms with Crippen LogP contribution >= 0.6 is 23.5 Å². The third-order valence-corrected chi connectivity index (χ3v) is 7.53. The predicted octanol–water partition coefficient (Wildman–Crippen LogP) is 4.28. The number of hydrogen-bond acceptors (Lipinski definition) is 6. The summed E-state index contributed by atoms with van der Waals surface area (Å²) in [6, 6.07) is 8.81. The summed E-state index contributed by atoms with van der Waals surface area (Å²) in [6.45, 7) is 0. The van der Waals surface area contributed by atoms with Crippen LogP contribution in [0.5, 0.6) is 0 Å². The summed E-state index contributed by atoms with van der Waals surface area (Å²) in [5, 5.41) is 19.5. The molecule has 8 heteroatoms. The van der Waals surface area contributed by atoms with E-state index in [1.165, 1.54) is 36.8 Å². The van der Waals surface area contributed by atoms with Crippen molar-refractivity contribution in [2.45, 2.75) is 59.3 Å². The molecule has 0 N–H and O–H groups in total. The minimum atomic E-state index is 0.633. The van der Waals surface area contributed by atoms with Crippen LogP contribution in [0.1, 0.15) is 60.3 Å². The summed E-state index contributed by atoms with van der Waals surface area (Å²) >= 11 is 3.52. The van der Waals surface area contributed by atoms with Crippen molar-refractivity contribution in [1.29, 1.82) is 0 Å². The number of hydrogen-bond donors (Lipinski definition) is 0. The van der Waals surface area contributed by atoms with Crippen molar-refractivity contribution in [2.75, 3.05) is 0 Å². The normalized spacial score (nSPS) is 16.6. The Labute approximate surface area is 173 Å². The van der Waals surface area contributed by atoms with Gasteiger partial charge in [0.1, 0.15) is 11.6 Å². The lowest BCUT2D eigenvalue weighted by molar-refractivity contribution is 0.736. The largest absolute Gasteiger partial charge is 0.309 e. The molecule has 0 aliphatic heterocycles. The van der Waals surface area contributed by atoms with E-state index in [4.69, 9.17) is 0 Å². The summed E-state index contributed by atoms with van der Waals surface area (Å²) in [5.74, 6) is 5.36. The van der Waals surface area contributed by atoms with Crippen molar-refractivity contribution < 1.29 is 0 Å². The monoisotopic (exact) mass is 412 g/mol. The van der Waals surface area contributed by atoms with Crippen LogP contribution in [-0.2, 0) is 25.6 Å². The lowest BCUT2D eigenvalue weighted by Crippen LogP contribution is -1.97. The molecule has 0 radical (unpaired) electrons. The van der Waals surface area contributed by atoms with Gasteiger partial charge < -0.3 is 9.13 Å². The van der Waals surface area contributed by atoms with E-state index >= 15 is 0 Å². The van der Waals surface area contributed by atoms with Crippen LogP contribution in [0.25, 0.3) is 0 Å². The molecular weight excluding hydrogens is 388 g/mol. The van der Waals surface area contributed by atoms with Gasteiger partial charge in [-0.15, -0.1) is 20.4 Å². The van der Waals surface area contributed by atoms with Gasteiger partial charge in [0.15, 0.2) is 10.3 Å². The Morgan fingerprint density at radius 2 is 1.25 bits per heavy atom. The highest BCUT2D eigenvalue weighted by Crippen LogP contribution is 2.40. The Hall–Kier alpha value is -1.80. The van der Waals surface area contributed by atoms with Crippen LogP contribution in [-0.4, -0.2) is 29.5 Å². The molecule has 0 atom stereocenters. The zero-order valence-electron chi connectivity index (χ0n) is 16.2. The Kier molecular flexibility index (Phi) is 4.92. The molecule has 2 aliphatic carbocycles. The quantitative estimate of drug-likeness (QED) is 0.515. The molecule has 146 valence electrons. The fourth-order valence-electron chi connectivity index (χ4n) is 3.40. The average molecular weight is 413 g/mol. The predicted molar refractivity (Wildman–Crippen MR) is 112 cm³/mol. The van der Waals surface area contributed by atoms with E-state index in [0.717, 1.165) is 33.5 Å². The number of thioether (sulfide) groups is 2. The number of nitrogens with zero attached hydrogens (tertiary/aromatic N) is 6. The van der Waals surface area contributed by atoms with Gasteiger partial charge in [-0.2, -0.15) is 0 Å². The summed E-state index contributed by atoms with van der Waals surface area (Å²) in [4.78, 5) is 0. The molecule has 28 heavy (non-hydrogen) atoms. The molecule has 2 aromatic heterocycles. The van der Waals surface area contributed by atoms with Crippen molar-refractivity contribution in [3.05, 3.63) is 47.0 Å². The van der Waals surface area contributed by atoms with Gasteiger partial charge in [-0.3, -0.25) is 0 Å². The molecule has 0 amide bonds. The molecule has 0 bridgehead atoms. The molecular formula is C20H24N6S2. The molecule has 2 aliphatic rings. The first-order chi connectivity index (χ1) is 13.7. The first-order valence-corrected chi connectivity index (χ1v) is 11.8. The molecule has 0 spiro atoms. The maximum absolute atomic E-state index is 4.38. The SMILES string of the molecule is Cn1c(SCc2cccc(CSc3nnc(C4CC4)n3C)c2)nnc1C1CC1. The van der Waals surface area contributed by atoms with Gasteiger partial charge in [-0.05, 0) is 36.8 Å². The summed E-state index contributed by atoms with van der Waals surface area (Å²) in [7, 11) is 4.17. The maximum Gasteiger partial charge on any atom is 0.191 e. The topological polar surface area (TPSA) is 61.4 Å². The molecule has 2 saturated carbocycles. The van der Waals surface area contributed by atoms with Crippen molar-refractivity contribution in [2.24, 2.45) is 14.1 Å². The van der Waals surface area contributed by atoms with Crippen molar-refractivity contribution in [3.8, 4) is 0 Å². The first-order valence-electron chi connectivity index (χ1n) is 9.81. The highest BCUT2D eigenvalue weighted by atomic mass is 32.2. The van der Waals surface area contributed by atoms with E-state index in [1.807, 2.05) is 0 Å². The highest BCUT2D eigenvalue weighted by Gasteiger charge is 2.30. The summed E-state index contributed by atoms with van der Waals surface area (Å²) in [6.07, 6.45) is 5.02. The Morgan fingerprint density at radius 3 is 1.68 bits per heavy atom. The van der Waals surface area contributed by atoms with Crippen molar-refractivity contribution >= 4 is 23.5 Å². The molecule has 0 saturated heterocycles. The van der Waals surface area contributed by atoms with Crippen LogP contribution < -0.4 is 0 Å². The molecule has 5 rings (SSSR count). The van der Waals surface area contributed by atoms with Gasteiger partial charge in [-0.25, -0.2) is 0 Å². The maximum atomic E-state index is 4.38. The molecule has 6 nitrogen and oxygen atoms in total. The molecule has 0 unspecified atom stereocenters. The van der Waals surface area contributed by atoms with Crippen LogP contribution in [0.15, 0.2) is 34.6 Å². The fraction of sp³-hybridized carbons (Fsp3) is 0.500. The van der Waals surface area contributed by atoms with E-state index in [1.54, 1.807) is 23.5 Å². The number of aromatic nitrogens is 6. The van der Waals surface area contributed by atoms with E-state index in [9.17, 15) is 0 Å². The molecule has 3 aromatic rings. The average Bonchev–Trinajstić information content (AvgIpc) is 3.63. The Bertz CT molecular complexity index is 911. The van der Waals surface area contributed by atoms with E-state index < -0.39 is 0 Å². The van der Waals surface area contributed by atoms with Crippen molar-refractivity contribution in [3.63, 3.8) is 0 Å². The summed E-state index contributed by atoms with van der Waals surface area (Å²) in [5.41, 5.74) is 2.63. The molecule has 1 aromatic carbocycles. The van der Waals surface area contributed by atoms with Gasteiger partial charge in [0.2, 0.25) is 0 Å². The smallest absolute Gasteiger partial charge is 0.191 e. The standard InChI is InChI=1S/C20H24N6S2/c1-25-17(15-6-7-15)21-23-19(25)27-11-13-4-3-5-14(10-13)12-28-20-24-22-18(26(20)2)16-8-9-16/h3-5,10,15-16H,6-9,11-12H2,1-2H3. The third-order valence-electron chi connectivity index (χ3n) is 5.35. The second-order valence-electron chi connectivity index (χ2n) is 7.75. The fourth-order valence-corrected chi connectivity index (χ4v) is 5.12. The van der Waals surface area contributed by atoms with E-state index in [2.05, 4.69) is 67.9 Å². The van der Waals surface area contributed by atoms with Gasteiger partial charge in [0.05, 0.1) is 0 Å². The zero-order valence-corrected chi connectivity index (χ0v) is 17.8. The van der Waals surface area contributed by atoms with Gasteiger partial charge in [0.25, 0.3) is 0 Å². The minimum absolute atomic E-state index is 0.633. The van der Waals surface area contributed by atoms with Gasteiger partial charge in [0, 0.05) is 37.4 Å². The Morgan fingerprint density at radius 1 is 0.786 bits per heavy atom.